The van der Waals surface area contributed by atoms with Crippen molar-refractivity contribution >= 4 is 11.5 Å². The van der Waals surface area contributed by atoms with Gasteiger partial charge in [-0.2, -0.15) is 0 Å². The number of hydrogen-bond acceptors (Lipinski definition) is 2. The van der Waals surface area contributed by atoms with Gasteiger partial charge >= 0.3 is 0 Å². The van der Waals surface area contributed by atoms with Crippen LogP contribution in [-0.2, 0) is 6.42 Å². The van der Waals surface area contributed by atoms with Crippen LogP contribution in [0.25, 0.3) is 0 Å². The Morgan fingerprint density at radius 2 is 1.95 bits per heavy atom. The van der Waals surface area contributed by atoms with E-state index in [2.05, 4.69) is 23.5 Å². The Morgan fingerprint density at radius 3 is 2.89 bits per heavy atom. The van der Waals surface area contributed by atoms with E-state index < -0.39 is 0 Å². The molecular formula is C17H21NO. The molecule has 3 rings (SSSR count). The first kappa shape index (κ1) is 12.5. The molecule has 1 N–H and O–H groups in total. The van der Waals surface area contributed by atoms with E-state index in [1.54, 1.807) is 0 Å². The molecule has 0 amide bonds. The molecule has 0 radical (unpaired) electrons. The van der Waals surface area contributed by atoms with Gasteiger partial charge in [0.1, 0.15) is 0 Å². The van der Waals surface area contributed by atoms with Crippen LogP contribution in [-0.4, -0.2) is 12.3 Å². The Labute approximate surface area is 114 Å². The SMILES string of the molecule is O=C(/C1=C/CCCCCC1)c1ccc2c(c1)CCN2. The van der Waals surface area contributed by atoms with E-state index in [4.69, 9.17) is 0 Å². The lowest BCUT2D eigenvalue weighted by Gasteiger charge is -2.11. The first-order valence-electron chi connectivity index (χ1n) is 7.45. The maximum Gasteiger partial charge on any atom is 0.188 e. The van der Waals surface area contributed by atoms with E-state index in [-0.39, 0.29) is 5.78 Å². The van der Waals surface area contributed by atoms with Crippen molar-refractivity contribution < 1.29 is 4.79 Å². The smallest absolute Gasteiger partial charge is 0.188 e. The standard InChI is InChI=1S/C17H21NO/c19-17(13-6-4-2-1-3-5-7-13)15-8-9-16-14(12-15)10-11-18-16/h6,8-9,12,18H,1-5,7,10-11H2/b13-6+. The quantitative estimate of drug-likeness (QED) is 0.805. The molecular weight excluding hydrogens is 234 g/mol. The van der Waals surface area contributed by atoms with Crippen LogP contribution >= 0.6 is 0 Å². The lowest BCUT2D eigenvalue weighted by molar-refractivity contribution is 0.102. The van der Waals surface area contributed by atoms with E-state index in [9.17, 15) is 4.79 Å². The van der Waals surface area contributed by atoms with Crippen LogP contribution in [0.5, 0.6) is 0 Å². The average molecular weight is 255 g/mol. The number of anilines is 1. The van der Waals surface area contributed by atoms with Gasteiger partial charge in [-0.3, -0.25) is 4.79 Å². The minimum atomic E-state index is 0.247. The van der Waals surface area contributed by atoms with Crippen molar-refractivity contribution in [1.82, 2.24) is 0 Å². The topological polar surface area (TPSA) is 29.1 Å². The highest BCUT2D eigenvalue weighted by atomic mass is 16.1. The lowest BCUT2D eigenvalue weighted by Crippen LogP contribution is -2.05. The molecule has 100 valence electrons. The molecule has 2 heteroatoms. The summed E-state index contributed by atoms with van der Waals surface area (Å²) in [5, 5.41) is 3.34. The number of ketones is 1. The molecule has 0 aromatic heterocycles. The zero-order valence-corrected chi connectivity index (χ0v) is 11.4. The first-order chi connectivity index (χ1) is 9.34. The van der Waals surface area contributed by atoms with Crippen molar-refractivity contribution in [2.45, 2.75) is 44.9 Å². The second-order valence-electron chi connectivity index (χ2n) is 5.56. The van der Waals surface area contributed by atoms with Gasteiger partial charge in [0.25, 0.3) is 0 Å². The van der Waals surface area contributed by atoms with Gasteiger partial charge in [0.2, 0.25) is 0 Å². The average Bonchev–Trinajstić information content (AvgIpc) is 2.84. The third-order valence-electron chi connectivity index (χ3n) is 4.16. The summed E-state index contributed by atoms with van der Waals surface area (Å²) in [4.78, 5) is 12.6. The molecule has 2 aliphatic rings. The molecule has 0 spiro atoms. The van der Waals surface area contributed by atoms with Crippen molar-refractivity contribution in [3.8, 4) is 0 Å². The predicted molar refractivity (Wildman–Crippen MR) is 78.8 cm³/mol. The second-order valence-corrected chi connectivity index (χ2v) is 5.56. The summed E-state index contributed by atoms with van der Waals surface area (Å²) in [6.07, 6.45) is 10.2. The molecule has 0 saturated carbocycles. The maximum atomic E-state index is 12.6. The number of carbonyl (C=O) groups excluding carboxylic acids is 1. The molecule has 1 aromatic carbocycles. The third kappa shape index (κ3) is 2.73. The summed E-state index contributed by atoms with van der Waals surface area (Å²) in [6, 6.07) is 6.11. The van der Waals surface area contributed by atoms with E-state index in [0.29, 0.717) is 0 Å². The monoisotopic (exact) mass is 255 g/mol. The Bertz CT molecular complexity index is 516. The molecule has 2 nitrogen and oxygen atoms in total. The summed E-state index contributed by atoms with van der Waals surface area (Å²) >= 11 is 0. The number of rotatable bonds is 2. The summed E-state index contributed by atoms with van der Waals surface area (Å²) in [6.45, 7) is 0.996. The molecule has 0 atom stereocenters. The Kier molecular flexibility index (Phi) is 3.67. The summed E-state index contributed by atoms with van der Waals surface area (Å²) in [7, 11) is 0. The fourth-order valence-corrected chi connectivity index (χ4v) is 3.03. The molecule has 0 fully saturated rings. The highest BCUT2D eigenvalue weighted by Crippen LogP contribution is 2.26. The van der Waals surface area contributed by atoms with Crippen LogP contribution in [0.15, 0.2) is 29.8 Å². The number of benzene rings is 1. The molecule has 0 saturated heterocycles. The third-order valence-corrected chi connectivity index (χ3v) is 4.16. The second kappa shape index (κ2) is 5.60. The van der Waals surface area contributed by atoms with Gasteiger partial charge in [-0.05, 0) is 61.4 Å². The summed E-state index contributed by atoms with van der Waals surface area (Å²) in [5.41, 5.74) is 4.39. The fourth-order valence-electron chi connectivity index (χ4n) is 3.03. The van der Waals surface area contributed by atoms with E-state index >= 15 is 0 Å². The number of carbonyl (C=O) groups is 1. The van der Waals surface area contributed by atoms with E-state index in [1.165, 1.54) is 30.5 Å². The number of allylic oxidation sites excluding steroid dienone is 2. The molecule has 19 heavy (non-hydrogen) atoms. The zero-order chi connectivity index (χ0) is 13.1. The van der Waals surface area contributed by atoms with Gasteiger partial charge in [0, 0.05) is 17.8 Å². The summed E-state index contributed by atoms with van der Waals surface area (Å²) < 4.78 is 0. The van der Waals surface area contributed by atoms with Gasteiger partial charge in [0.15, 0.2) is 5.78 Å². The minimum absolute atomic E-state index is 0.247. The van der Waals surface area contributed by atoms with Gasteiger partial charge in [-0.1, -0.05) is 18.9 Å². The minimum Gasteiger partial charge on any atom is -0.384 e. The fraction of sp³-hybridized carbons (Fsp3) is 0.471. The number of fused-ring (bicyclic) bond motifs is 1. The van der Waals surface area contributed by atoms with E-state index in [0.717, 1.165) is 43.4 Å². The van der Waals surface area contributed by atoms with Crippen LogP contribution < -0.4 is 5.32 Å². The molecule has 0 bridgehead atoms. The Balaban J connectivity index is 1.82. The van der Waals surface area contributed by atoms with Crippen molar-refractivity contribution in [2.75, 3.05) is 11.9 Å². The van der Waals surface area contributed by atoms with Gasteiger partial charge in [-0.15, -0.1) is 0 Å². The summed E-state index contributed by atoms with van der Waals surface area (Å²) in [5.74, 6) is 0.247. The first-order valence-corrected chi connectivity index (χ1v) is 7.45. The number of Topliss-reactive ketones (excluding diaryl/α,β-unsaturated/α-hetero) is 1. The van der Waals surface area contributed by atoms with Crippen molar-refractivity contribution in [2.24, 2.45) is 0 Å². The van der Waals surface area contributed by atoms with Crippen LogP contribution in [0.2, 0.25) is 0 Å². The van der Waals surface area contributed by atoms with Crippen molar-refractivity contribution in [3.05, 3.63) is 41.0 Å². The van der Waals surface area contributed by atoms with Crippen LogP contribution in [0.3, 0.4) is 0 Å². The lowest BCUT2D eigenvalue weighted by atomic mass is 9.93. The van der Waals surface area contributed by atoms with Gasteiger partial charge in [0.05, 0.1) is 0 Å². The van der Waals surface area contributed by atoms with Crippen LogP contribution in [0.1, 0.15) is 54.4 Å². The Morgan fingerprint density at radius 1 is 1.05 bits per heavy atom. The van der Waals surface area contributed by atoms with Crippen molar-refractivity contribution in [1.29, 1.82) is 0 Å². The van der Waals surface area contributed by atoms with Crippen LogP contribution in [0.4, 0.5) is 5.69 Å². The van der Waals surface area contributed by atoms with Crippen LogP contribution in [0, 0.1) is 0 Å². The molecule has 0 unspecified atom stereocenters. The number of nitrogens with one attached hydrogen (secondary N) is 1. The van der Waals surface area contributed by atoms with Crippen molar-refractivity contribution in [3.63, 3.8) is 0 Å². The highest BCUT2D eigenvalue weighted by Gasteiger charge is 2.16. The molecule has 1 heterocycles. The van der Waals surface area contributed by atoms with Gasteiger partial charge < -0.3 is 5.32 Å². The molecule has 1 aliphatic carbocycles. The maximum absolute atomic E-state index is 12.6. The number of hydrogen-bond donors (Lipinski definition) is 1. The molecule has 1 aliphatic heterocycles. The molecule has 1 aromatic rings. The highest BCUT2D eigenvalue weighted by molar-refractivity contribution is 6.09. The predicted octanol–water partition coefficient (Wildman–Crippen LogP) is 4.12. The van der Waals surface area contributed by atoms with E-state index in [1.807, 2.05) is 6.07 Å². The largest absolute Gasteiger partial charge is 0.384 e. The zero-order valence-electron chi connectivity index (χ0n) is 11.4. The Hall–Kier alpha value is -1.57. The van der Waals surface area contributed by atoms with Gasteiger partial charge in [-0.25, -0.2) is 0 Å². The normalized spacial score (nSPS) is 21.6.